The minimum atomic E-state index is -0.109. The van der Waals surface area contributed by atoms with E-state index in [1.165, 1.54) is 22.2 Å². The molecule has 25 heavy (non-hydrogen) atoms. The molecular weight excluding hydrogens is 358 g/mol. The van der Waals surface area contributed by atoms with Gasteiger partial charge in [0.25, 0.3) is 5.56 Å². The predicted molar refractivity (Wildman–Crippen MR) is 101 cm³/mol. The third kappa shape index (κ3) is 3.64. The first-order chi connectivity index (χ1) is 12.1. The summed E-state index contributed by atoms with van der Waals surface area (Å²) in [7, 11) is 1.61. The largest absolute Gasteiger partial charge is 0.497 e. The summed E-state index contributed by atoms with van der Waals surface area (Å²) in [6.07, 6.45) is 3.26. The van der Waals surface area contributed by atoms with Crippen LogP contribution < -0.4 is 15.0 Å². The van der Waals surface area contributed by atoms with Crippen molar-refractivity contribution in [1.82, 2.24) is 14.1 Å². The van der Waals surface area contributed by atoms with E-state index >= 15 is 0 Å². The van der Waals surface area contributed by atoms with Gasteiger partial charge in [0, 0.05) is 6.54 Å². The van der Waals surface area contributed by atoms with Crippen LogP contribution in [0.15, 0.2) is 48.0 Å². The van der Waals surface area contributed by atoms with E-state index in [1.807, 2.05) is 28.8 Å². The minimum absolute atomic E-state index is 0.109. The van der Waals surface area contributed by atoms with Gasteiger partial charge in [-0.25, -0.2) is 4.98 Å². The molecule has 0 radical (unpaired) electrons. The highest BCUT2D eigenvalue weighted by Gasteiger charge is 2.11. The van der Waals surface area contributed by atoms with Crippen LogP contribution in [0.2, 0.25) is 0 Å². The van der Waals surface area contributed by atoms with Crippen molar-refractivity contribution in [2.45, 2.75) is 13.1 Å². The molecule has 6 nitrogen and oxygen atoms in total. The molecule has 0 saturated carbocycles. The van der Waals surface area contributed by atoms with Crippen LogP contribution in [0.4, 0.5) is 0 Å². The highest BCUT2D eigenvalue weighted by atomic mass is 32.1. The number of thiazole rings is 1. The van der Waals surface area contributed by atoms with E-state index in [-0.39, 0.29) is 5.56 Å². The molecule has 3 rings (SSSR count). The van der Waals surface area contributed by atoms with Gasteiger partial charge in [-0.15, -0.1) is 6.58 Å². The Morgan fingerprint density at radius 1 is 1.32 bits per heavy atom. The van der Waals surface area contributed by atoms with Gasteiger partial charge in [-0.2, -0.15) is 0 Å². The van der Waals surface area contributed by atoms with Crippen LogP contribution in [0.25, 0.3) is 10.3 Å². The number of hydrogen-bond donors (Lipinski definition) is 0. The lowest BCUT2D eigenvalue weighted by atomic mass is 10.3. The Balaban J connectivity index is 1.75. The average Bonchev–Trinajstić information content (AvgIpc) is 2.95. The number of methoxy groups -OCH3 is 1. The summed E-state index contributed by atoms with van der Waals surface area (Å²) in [6, 6.07) is 7.29. The topological polar surface area (TPSA) is 58.3 Å². The van der Waals surface area contributed by atoms with E-state index in [0.29, 0.717) is 34.0 Å². The van der Waals surface area contributed by atoms with E-state index in [0.717, 1.165) is 11.5 Å². The molecule has 0 saturated heterocycles. The Morgan fingerprint density at radius 3 is 2.72 bits per heavy atom. The summed E-state index contributed by atoms with van der Waals surface area (Å²) in [6.45, 7) is 5.01. The standard InChI is InChI=1S/C17H17N3O3S2/c1-3-8-20-15-14(25-17(20)24)16(21)19(11-18-15)9-10-23-13-6-4-12(22-2)5-7-13/h3-7,11H,1,8-10H2,2H3. The molecule has 3 aromatic rings. The van der Waals surface area contributed by atoms with Crippen LogP contribution in [-0.2, 0) is 13.1 Å². The van der Waals surface area contributed by atoms with Crippen molar-refractivity contribution in [2.75, 3.05) is 13.7 Å². The Morgan fingerprint density at radius 2 is 2.04 bits per heavy atom. The van der Waals surface area contributed by atoms with Crippen molar-refractivity contribution in [3.63, 3.8) is 0 Å². The molecule has 0 N–H and O–H groups in total. The van der Waals surface area contributed by atoms with Gasteiger partial charge in [0.1, 0.15) is 29.1 Å². The summed E-state index contributed by atoms with van der Waals surface area (Å²) in [5.41, 5.74) is 0.495. The third-order valence-electron chi connectivity index (χ3n) is 3.62. The average molecular weight is 375 g/mol. The molecule has 0 aliphatic carbocycles. The quantitative estimate of drug-likeness (QED) is 0.469. The van der Waals surface area contributed by atoms with Crippen LogP contribution in [0.3, 0.4) is 0 Å². The minimum Gasteiger partial charge on any atom is -0.497 e. The number of benzene rings is 1. The normalized spacial score (nSPS) is 10.8. The lowest BCUT2D eigenvalue weighted by Crippen LogP contribution is -2.23. The number of hydrogen-bond acceptors (Lipinski definition) is 6. The van der Waals surface area contributed by atoms with E-state index in [9.17, 15) is 4.79 Å². The highest BCUT2D eigenvalue weighted by Crippen LogP contribution is 2.18. The maximum atomic E-state index is 12.6. The molecule has 0 aliphatic heterocycles. The Labute approximate surface area is 153 Å². The molecule has 2 aromatic heterocycles. The van der Waals surface area contributed by atoms with Gasteiger partial charge < -0.3 is 14.0 Å². The van der Waals surface area contributed by atoms with E-state index < -0.39 is 0 Å². The highest BCUT2D eigenvalue weighted by molar-refractivity contribution is 7.73. The van der Waals surface area contributed by atoms with Gasteiger partial charge in [0.05, 0.1) is 13.7 Å². The summed E-state index contributed by atoms with van der Waals surface area (Å²) >= 11 is 6.58. The second-order valence-electron chi connectivity index (χ2n) is 5.19. The van der Waals surface area contributed by atoms with Gasteiger partial charge in [-0.05, 0) is 36.5 Å². The first-order valence-electron chi connectivity index (χ1n) is 7.60. The zero-order chi connectivity index (χ0) is 17.8. The summed E-state index contributed by atoms with van der Waals surface area (Å²) in [4.78, 5) is 17.0. The number of fused-ring (bicyclic) bond motifs is 1. The molecule has 1 aromatic carbocycles. The van der Waals surface area contributed by atoms with Crippen LogP contribution >= 0.6 is 23.6 Å². The fourth-order valence-electron chi connectivity index (χ4n) is 2.36. The predicted octanol–water partition coefficient (Wildman–Crippen LogP) is 3.26. The monoisotopic (exact) mass is 375 g/mol. The summed E-state index contributed by atoms with van der Waals surface area (Å²) in [5.74, 6) is 1.49. The van der Waals surface area contributed by atoms with Crippen molar-refractivity contribution in [3.05, 3.63) is 57.6 Å². The number of rotatable bonds is 7. The first-order valence-corrected chi connectivity index (χ1v) is 8.83. The van der Waals surface area contributed by atoms with Crippen molar-refractivity contribution in [1.29, 1.82) is 0 Å². The second-order valence-corrected chi connectivity index (χ2v) is 6.83. The first kappa shape index (κ1) is 17.4. The molecule has 0 aliphatic rings. The Bertz CT molecular complexity index is 1000. The van der Waals surface area contributed by atoms with Gasteiger partial charge >= 0.3 is 0 Å². The van der Waals surface area contributed by atoms with Crippen LogP contribution in [0.5, 0.6) is 11.5 Å². The lowest BCUT2D eigenvalue weighted by Gasteiger charge is -2.09. The lowest BCUT2D eigenvalue weighted by molar-refractivity contribution is 0.295. The van der Waals surface area contributed by atoms with E-state index in [2.05, 4.69) is 11.6 Å². The Kier molecular flexibility index (Phi) is 5.30. The molecule has 0 fully saturated rings. The van der Waals surface area contributed by atoms with Crippen molar-refractivity contribution >= 4 is 33.9 Å². The van der Waals surface area contributed by atoms with Crippen molar-refractivity contribution in [3.8, 4) is 11.5 Å². The fraction of sp³-hybridized carbons (Fsp3) is 0.235. The van der Waals surface area contributed by atoms with Crippen molar-refractivity contribution in [2.24, 2.45) is 0 Å². The molecule has 0 unspecified atom stereocenters. The van der Waals surface area contributed by atoms with Crippen molar-refractivity contribution < 1.29 is 9.47 Å². The molecule has 8 heteroatoms. The van der Waals surface area contributed by atoms with Crippen LogP contribution in [0.1, 0.15) is 0 Å². The molecule has 0 atom stereocenters. The van der Waals surface area contributed by atoms with E-state index in [1.54, 1.807) is 13.2 Å². The zero-order valence-electron chi connectivity index (χ0n) is 13.7. The number of ether oxygens (including phenoxy) is 2. The molecule has 0 spiro atoms. The molecule has 2 heterocycles. The van der Waals surface area contributed by atoms with Gasteiger partial charge in [-0.1, -0.05) is 17.4 Å². The smallest absolute Gasteiger partial charge is 0.273 e. The second kappa shape index (κ2) is 7.62. The summed E-state index contributed by atoms with van der Waals surface area (Å²) < 4.78 is 15.3. The van der Waals surface area contributed by atoms with Gasteiger partial charge in [-0.3, -0.25) is 9.36 Å². The maximum Gasteiger partial charge on any atom is 0.273 e. The number of aromatic nitrogens is 3. The van der Waals surface area contributed by atoms with E-state index in [4.69, 9.17) is 21.7 Å². The third-order valence-corrected chi connectivity index (χ3v) is 5.04. The number of nitrogens with zero attached hydrogens (tertiary/aromatic N) is 3. The molecule has 130 valence electrons. The summed E-state index contributed by atoms with van der Waals surface area (Å²) in [5, 5.41) is 0. The van der Waals surface area contributed by atoms with Gasteiger partial charge in [0.15, 0.2) is 9.60 Å². The number of allylic oxidation sites excluding steroid dienone is 1. The van der Waals surface area contributed by atoms with Gasteiger partial charge in [0.2, 0.25) is 0 Å². The Hall–Kier alpha value is -2.45. The molecular formula is C17H17N3O3S2. The molecule has 0 bridgehead atoms. The maximum absolute atomic E-state index is 12.6. The fourth-order valence-corrected chi connectivity index (χ4v) is 3.67. The van der Waals surface area contributed by atoms with Crippen LogP contribution in [-0.4, -0.2) is 27.8 Å². The zero-order valence-corrected chi connectivity index (χ0v) is 15.3. The SMILES string of the molecule is C=CCn1c(=S)sc2c(=O)n(CCOc3ccc(OC)cc3)cnc21. The van der Waals surface area contributed by atoms with Crippen LogP contribution in [0, 0.1) is 3.95 Å². The molecule has 0 amide bonds.